The van der Waals surface area contributed by atoms with Gasteiger partial charge in [0.2, 0.25) is 0 Å². The molecule has 2 aliphatic rings. The first-order chi connectivity index (χ1) is 16.3. The van der Waals surface area contributed by atoms with Gasteiger partial charge in [-0.1, -0.05) is 11.6 Å². The summed E-state index contributed by atoms with van der Waals surface area (Å²) in [4.78, 5) is 39.0. The van der Waals surface area contributed by atoms with Gasteiger partial charge in [0.05, 0.1) is 18.4 Å². The maximum Gasteiger partial charge on any atom is 0.341 e. The molecule has 1 fully saturated rings. The van der Waals surface area contributed by atoms with Crippen LogP contribution in [0.15, 0.2) is 11.6 Å². The SMILES string of the molecule is CNC(=O)Nc1c(C/C=C(\C)CCC(=O)OCCN2CCSC2)c(OC)c(C)c2c1C(=O)OC2. The van der Waals surface area contributed by atoms with Crippen LogP contribution in [0.4, 0.5) is 10.5 Å². The van der Waals surface area contributed by atoms with Crippen molar-refractivity contribution in [1.82, 2.24) is 10.2 Å². The zero-order valence-corrected chi connectivity index (χ0v) is 21.1. The largest absolute Gasteiger partial charge is 0.496 e. The lowest BCUT2D eigenvalue weighted by molar-refractivity contribution is -0.143. The quantitative estimate of drug-likeness (QED) is 0.380. The maximum atomic E-state index is 12.4. The smallest absolute Gasteiger partial charge is 0.341 e. The van der Waals surface area contributed by atoms with Crippen molar-refractivity contribution in [3.63, 3.8) is 0 Å². The number of fused-ring (bicyclic) bond motifs is 1. The van der Waals surface area contributed by atoms with Gasteiger partial charge in [-0.05, 0) is 32.3 Å². The van der Waals surface area contributed by atoms with Crippen molar-refractivity contribution in [3.05, 3.63) is 33.9 Å². The van der Waals surface area contributed by atoms with E-state index >= 15 is 0 Å². The van der Waals surface area contributed by atoms with Gasteiger partial charge in [-0.2, -0.15) is 0 Å². The van der Waals surface area contributed by atoms with Crippen molar-refractivity contribution in [1.29, 1.82) is 0 Å². The molecule has 3 rings (SSSR count). The number of hydrogen-bond donors (Lipinski definition) is 2. The molecule has 0 atom stereocenters. The number of esters is 2. The average Bonchev–Trinajstić information content (AvgIpc) is 3.48. The monoisotopic (exact) mass is 491 g/mol. The predicted molar refractivity (Wildman–Crippen MR) is 131 cm³/mol. The molecule has 0 bridgehead atoms. The molecule has 0 aromatic heterocycles. The van der Waals surface area contributed by atoms with Gasteiger partial charge in [0.15, 0.2) is 0 Å². The second-order valence-electron chi connectivity index (χ2n) is 8.28. The summed E-state index contributed by atoms with van der Waals surface area (Å²) in [6.45, 7) is 6.20. The van der Waals surface area contributed by atoms with Crippen LogP contribution in [0.25, 0.3) is 0 Å². The number of carbonyl (C=O) groups is 3. The van der Waals surface area contributed by atoms with E-state index < -0.39 is 12.0 Å². The minimum Gasteiger partial charge on any atom is -0.496 e. The van der Waals surface area contributed by atoms with Crippen molar-refractivity contribution >= 4 is 35.4 Å². The van der Waals surface area contributed by atoms with E-state index in [-0.39, 0.29) is 12.6 Å². The Morgan fingerprint density at radius 3 is 2.76 bits per heavy atom. The van der Waals surface area contributed by atoms with Crippen LogP contribution in [0.3, 0.4) is 0 Å². The van der Waals surface area contributed by atoms with E-state index in [0.717, 1.165) is 35.9 Å². The molecule has 2 N–H and O–H groups in total. The van der Waals surface area contributed by atoms with Crippen molar-refractivity contribution in [3.8, 4) is 5.75 Å². The van der Waals surface area contributed by atoms with E-state index in [2.05, 4.69) is 15.5 Å². The first kappa shape index (κ1) is 25.9. The average molecular weight is 492 g/mol. The van der Waals surface area contributed by atoms with Gasteiger partial charge in [0.1, 0.15) is 19.0 Å². The molecule has 2 aliphatic heterocycles. The summed E-state index contributed by atoms with van der Waals surface area (Å²) in [5, 5.41) is 5.29. The zero-order chi connectivity index (χ0) is 24.7. The first-order valence-corrected chi connectivity index (χ1v) is 12.5. The van der Waals surface area contributed by atoms with Gasteiger partial charge in [0, 0.05) is 49.3 Å². The molecular weight excluding hydrogens is 458 g/mol. The van der Waals surface area contributed by atoms with Crippen LogP contribution in [0.2, 0.25) is 0 Å². The molecule has 2 amide bonds. The highest BCUT2D eigenvalue weighted by Gasteiger charge is 2.32. The molecule has 1 saturated heterocycles. The Morgan fingerprint density at radius 2 is 2.09 bits per heavy atom. The number of rotatable bonds is 10. The Morgan fingerprint density at radius 1 is 1.29 bits per heavy atom. The normalized spacial score (nSPS) is 15.6. The van der Waals surface area contributed by atoms with Crippen LogP contribution in [-0.4, -0.2) is 68.4 Å². The lowest BCUT2D eigenvalue weighted by Gasteiger charge is -2.19. The van der Waals surface area contributed by atoms with E-state index in [1.165, 1.54) is 7.05 Å². The molecule has 1 aromatic rings. The fraction of sp³-hybridized carbons (Fsp3) is 0.542. The van der Waals surface area contributed by atoms with Crippen LogP contribution in [0.1, 0.15) is 46.8 Å². The Bertz CT molecular complexity index is 972. The Kier molecular flexibility index (Phi) is 9.23. The van der Waals surface area contributed by atoms with E-state index in [1.54, 1.807) is 7.11 Å². The van der Waals surface area contributed by atoms with Crippen LogP contribution < -0.4 is 15.4 Å². The fourth-order valence-corrected chi connectivity index (χ4v) is 5.07. The maximum absolute atomic E-state index is 12.4. The number of nitrogens with zero attached hydrogens (tertiary/aromatic N) is 1. The second-order valence-corrected chi connectivity index (χ2v) is 9.35. The first-order valence-electron chi connectivity index (χ1n) is 11.3. The van der Waals surface area contributed by atoms with Crippen molar-refractivity contribution in [2.45, 2.75) is 39.7 Å². The number of cyclic esters (lactones) is 1. The summed E-state index contributed by atoms with van der Waals surface area (Å²) in [6.07, 6.45) is 3.25. The highest BCUT2D eigenvalue weighted by Crippen LogP contribution is 2.41. The number of methoxy groups -OCH3 is 1. The zero-order valence-electron chi connectivity index (χ0n) is 20.2. The van der Waals surface area contributed by atoms with Crippen LogP contribution >= 0.6 is 11.8 Å². The minimum absolute atomic E-state index is 0.145. The summed E-state index contributed by atoms with van der Waals surface area (Å²) in [7, 11) is 3.07. The summed E-state index contributed by atoms with van der Waals surface area (Å²) in [5.41, 5.74) is 3.97. The molecule has 0 unspecified atom stereocenters. The molecule has 0 spiro atoms. The molecule has 0 aliphatic carbocycles. The topological polar surface area (TPSA) is 106 Å². The van der Waals surface area contributed by atoms with Gasteiger partial charge < -0.3 is 24.8 Å². The van der Waals surface area contributed by atoms with E-state index in [9.17, 15) is 14.4 Å². The van der Waals surface area contributed by atoms with Gasteiger partial charge in [-0.15, -0.1) is 11.8 Å². The molecule has 34 heavy (non-hydrogen) atoms. The van der Waals surface area contributed by atoms with Gasteiger partial charge in [-0.25, -0.2) is 9.59 Å². The van der Waals surface area contributed by atoms with Gasteiger partial charge in [-0.3, -0.25) is 9.69 Å². The molecule has 10 heteroatoms. The third-order valence-corrected chi connectivity index (χ3v) is 7.04. The number of ether oxygens (including phenoxy) is 3. The number of carbonyl (C=O) groups excluding carboxylic acids is 3. The van der Waals surface area contributed by atoms with Crippen LogP contribution in [0.5, 0.6) is 5.75 Å². The number of hydrogen-bond acceptors (Lipinski definition) is 8. The number of amides is 2. The van der Waals surface area contributed by atoms with Crippen LogP contribution in [0, 0.1) is 6.92 Å². The number of urea groups is 1. The number of allylic oxidation sites excluding steroid dienone is 2. The van der Waals surface area contributed by atoms with Gasteiger partial charge in [0.25, 0.3) is 0 Å². The van der Waals surface area contributed by atoms with Crippen molar-refractivity contribution in [2.75, 3.05) is 50.8 Å². The summed E-state index contributed by atoms with van der Waals surface area (Å²) < 4.78 is 16.3. The molecule has 0 radical (unpaired) electrons. The van der Waals surface area contributed by atoms with E-state index in [0.29, 0.717) is 54.0 Å². The Labute approximate surface area is 204 Å². The van der Waals surface area contributed by atoms with Crippen molar-refractivity contribution < 1.29 is 28.6 Å². The third-order valence-electron chi connectivity index (χ3n) is 6.02. The van der Waals surface area contributed by atoms with Crippen LogP contribution in [-0.2, 0) is 27.3 Å². The third kappa shape index (κ3) is 6.24. The summed E-state index contributed by atoms with van der Waals surface area (Å²) >= 11 is 1.89. The summed E-state index contributed by atoms with van der Waals surface area (Å²) in [6, 6.07) is -0.440. The van der Waals surface area contributed by atoms with E-state index in [1.807, 2.05) is 31.7 Å². The Hall–Kier alpha value is -2.72. The second kappa shape index (κ2) is 12.1. The lowest BCUT2D eigenvalue weighted by Crippen LogP contribution is -2.26. The standard InChI is InChI=1S/C24H33N3O6S/c1-15(6-8-19(28)32-11-9-27-10-12-34-14-27)5-7-17-21(26-24(30)25-3)20-18(13-33-23(20)29)16(2)22(17)31-4/h5H,6-14H2,1-4H3,(H2,25,26,30)/b15-5+. The van der Waals surface area contributed by atoms with E-state index in [4.69, 9.17) is 14.2 Å². The highest BCUT2D eigenvalue weighted by atomic mass is 32.2. The number of thioether (sulfide) groups is 1. The van der Waals surface area contributed by atoms with Crippen molar-refractivity contribution in [2.24, 2.45) is 0 Å². The lowest BCUT2D eigenvalue weighted by atomic mass is 9.93. The minimum atomic E-state index is -0.468. The summed E-state index contributed by atoms with van der Waals surface area (Å²) in [5.74, 6) is 2.06. The molecule has 1 aromatic carbocycles. The fourth-order valence-electron chi connectivity index (χ4n) is 4.03. The molecular formula is C24H33N3O6S. The highest BCUT2D eigenvalue weighted by molar-refractivity contribution is 7.99. The number of nitrogens with one attached hydrogen (secondary N) is 2. The molecule has 186 valence electrons. The Balaban J connectivity index is 1.69. The number of anilines is 1. The predicted octanol–water partition coefficient (Wildman–Crippen LogP) is 3.24. The molecule has 2 heterocycles. The molecule has 9 nitrogen and oxygen atoms in total. The number of benzene rings is 1. The van der Waals surface area contributed by atoms with Gasteiger partial charge >= 0.3 is 18.0 Å². The molecule has 0 saturated carbocycles.